The van der Waals surface area contributed by atoms with Crippen molar-refractivity contribution in [1.82, 2.24) is 10.3 Å². The predicted molar refractivity (Wildman–Crippen MR) is 69.6 cm³/mol. The van der Waals surface area contributed by atoms with E-state index in [1.54, 1.807) is 12.3 Å². The molecule has 1 aromatic heterocycles. The first kappa shape index (κ1) is 12.6. The van der Waals surface area contributed by atoms with E-state index >= 15 is 0 Å². The van der Waals surface area contributed by atoms with Crippen molar-refractivity contribution in [2.75, 3.05) is 25.1 Å². The van der Waals surface area contributed by atoms with Crippen LogP contribution in [0.5, 0.6) is 0 Å². The Morgan fingerprint density at radius 1 is 1.65 bits per heavy atom. The lowest BCUT2D eigenvalue weighted by atomic mass is 10.1. The van der Waals surface area contributed by atoms with Gasteiger partial charge in [-0.15, -0.1) is 0 Å². The number of pyridine rings is 1. The van der Waals surface area contributed by atoms with Crippen molar-refractivity contribution >= 4 is 17.3 Å². The molecule has 0 radical (unpaired) electrons. The average Bonchev–Trinajstić information content (AvgIpc) is 2.33. The Bertz CT molecular complexity index is 338. The molecule has 0 aliphatic carbocycles. The lowest BCUT2D eigenvalue weighted by Gasteiger charge is -2.27. The van der Waals surface area contributed by atoms with Crippen LogP contribution in [0.2, 0.25) is 5.15 Å². The number of anilines is 1. The van der Waals surface area contributed by atoms with Gasteiger partial charge in [0.05, 0.1) is 25.1 Å². The van der Waals surface area contributed by atoms with Gasteiger partial charge in [0.15, 0.2) is 0 Å². The molecule has 1 fully saturated rings. The second-order valence-electron chi connectivity index (χ2n) is 4.38. The molecule has 0 aromatic carbocycles. The maximum atomic E-state index is 5.74. The smallest absolute Gasteiger partial charge is 0.129 e. The van der Waals surface area contributed by atoms with Gasteiger partial charge in [-0.1, -0.05) is 11.6 Å². The Balaban J connectivity index is 1.79. The molecule has 5 heteroatoms. The molecule has 0 saturated carbocycles. The third-order valence-electron chi connectivity index (χ3n) is 2.78. The fourth-order valence-corrected chi connectivity index (χ4v) is 2.11. The van der Waals surface area contributed by atoms with Gasteiger partial charge >= 0.3 is 0 Å². The first-order chi connectivity index (χ1) is 8.24. The molecular weight excluding hydrogens is 238 g/mol. The van der Waals surface area contributed by atoms with Crippen LogP contribution in [-0.2, 0) is 4.74 Å². The zero-order valence-corrected chi connectivity index (χ0v) is 10.7. The SMILES string of the molecule is CC(CC1COCCN1)Nc1ccc(Cl)nc1. The minimum Gasteiger partial charge on any atom is -0.381 e. The van der Waals surface area contributed by atoms with E-state index in [-0.39, 0.29) is 0 Å². The van der Waals surface area contributed by atoms with E-state index in [0.717, 1.165) is 31.9 Å². The monoisotopic (exact) mass is 255 g/mol. The van der Waals surface area contributed by atoms with Crippen LogP contribution in [-0.4, -0.2) is 36.8 Å². The maximum Gasteiger partial charge on any atom is 0.129 e. The molecule has 1 aliphatic heterocycles. The molecular formula is C12H18ClN3O. The van der Waals surface area contributed by atoms with E-state index in [9.17, 15) is 0 Å². The lowest BCUT2D eigenvalue weighted by Crippen LogP contribution is -2.43. The molecule has 2 atom stereocenters. The number of nitrogens with one attached hydrogen (secondary N) is 2. The van der Waals surface area contributed by atoms with Crippen LogP contribution in [0, 0.1) is 0 Å². The zero-order chi connectivity index (χ0) is 12.1. The third-order valence-corrected chi connectivity index (χ3v) is 3.00. The fourth-order valence-electron chi connectivity index (χ4n) is 2.00. The highest BCUT2D eigenvalue weighted by molar-refractivity contribution is 6.29. The number of ether oxygens (including phenoxy) is 1. The molecule has 2 N–H and O–H groups in total. The quantitative estimate of drug-likeness (QED) is 0.807. The van der Waals surface area contributed by atoms with Gasteiger partial charge in [0.25, 0.3) is 0 Å². The summed E-state index contributed by atoms with van der Waals surface area (Å²) in [4.78, 5) is 4.04. The molecule has 2 rings (SSSR count). The van der Waals surface area contributed by atoms with Crippen molar-refractivity contribution in [3.63, 3.8) is 0 Å². The van der Waals surface area contributed by atoms with Crippen LogP contribution in [0.15, 0.2) is 18.3 Å². The molecule has 94 valence electrons. The average molecular weight is 256 g/mol. The second-order valence-corrected chi connectivity index (χ2v) is 4.76. The van der Waals surface area contributed by atoms with Gasteiger partial charge in [0.2, 0.25) is 0 Å². The number of morpholine rings is 1. The summed E-state index contributed by atoms with van der Waals surface area (Å²) in [5.41, 5.74) is 0.999. The Morgan fingerprint density at radius 2 is 2.53 bits per heavy atom. The molecule has 1 saturated heterocycles. The number of aromatic nitrogens is 1. The Kier molecular flexibility index (Phi) is 4.59. The Morgan fingerprint density at radius 3 is 3.18 bits per heavy atom. The van der Waals surface area contributed by atoms with Gasteiger partial charge in [-0.05, 0) is 25.5 Å². The number of nitrogens with zero attached hydrogens (tertiary/aromatic N) is 1. The van der Waals surface area contributed by atoms with Crippen LogP contribution >= 0.6 is 11.6 Å². The minimum absolute atomic E-state index is 0.372. The van der Waals surface area contributed by atoms with Gasteiger partial charge < -0.3 is 15.4 Å². The van der Waals surface area contributed by atoms with Crippen molar-refractivity contribution in [3.8, 4) is 0 Å². The Labute approximate surface area is 107 Å². The predicted octanol–water partition coefficient (Wildman–Crippen LogP) is 1.91. The summed E-state index contributed by atoms with van der Waals surface area (Å²) < 4.78 is 5.43. The zero-order valence-electron chi connectivity index (χ0n) is 9.95. The van der Waals surface area contributed by atoms with E-state index in [2.05, 4.69) is 22.5 Å². The van der Waals surface area contributed by atoms with Crippen LogP contribution in [0.25, 0.3) is 0 Å². The molecule has 2 heterocycles. The van der Waals surface area contributed by atoms with Crippen LogP contribution in [0.1, 0.15) is 13.3 Å². The Hall–Kier alpha value is -0.840. The van der Waals surface area contributed by atoms with E-state index in [4.69, 9.17) is 16.3 Å². The highest BCUT2D eigenvalue weighted by Gasteiger charge is 2.16. The normalized spacial score (nSPS) is 22.1. The van der Waals surface area contributed by atoms with Crippen molar-refractivity contribution in [1.29, 1.82) is 0 Å². The van der Waals surface area contributed by atoms with E-state index in [1.165, 1.54) is 0 Å². The van der Waals surface area contributed by atoms with Gasteiger partial charge in [0, 0.05) is 18.6 Å². The fraction of sp³-hybridized carbons (Fsp3) is 0.583. The minimum atomic E-state index is 0.372. The highest BCUT2D eigenvalue weighted by Crippen LogP contribution is 2.13. The highest BCUT2D eigenvalue weighted by atomic mass is 35.5. The standard InChI is InChI=1S/C12H18ClN3O/c1-9(6-11-8-17-5-4-14-11)16-10-2-3-12(13)15-7-10/h2-3,7,9,11,14,16H,4-6,8H2,1H3. The third kappa shape index (κ3) is 4.15. The molecule has 0 amide bonds. The first-order valence-electron chi connectivity index (χ1n) is 5.93. The maximum absolute atomic E-state index is 5.74. The summed E-state index contributed by atoms with van der Waals surface area (Å²) in [7, 11) is 0. The summed E-state index contributed by atoms with van der Waals surface area (Å²) in [5, 5.41) is 7.36. The van der Waals surface area contributed by atoms with Crippen molar-refractivity contribution in [2.24, 2.45) is 0 Å². The summed E-state index contributed by atoms with van der Waals surface area (Å²) in [6.07, 6.45) is 2.78. The second kappa shape index (κ2) is 6.19. The van der Waals surface area contributed by atoms with E-state index in [0.29, 0.717) is 17.2 Å². The number of halogens is 1. The van der Waals surface area contributed by atoms with Gasteiger partial charge in [-0.2, -0.15) is 0 Å². The molecule has 2 unspecified atom stereocenters. The van der Waals surface area contributed by atoms with Gasteiger partial charge in [-0.25, -0.2) is 4.98 Å². The van der Waals surface area contributed by atoms with Gasteiger partial charge in [-0.3, -0.25) is 0 Å². The number of hydrogen-bond donors (Lipinski definition) is 2. The summed E-state index contributed by atoms with van der Waals surface area (Å²) in [5.74, 6) is 0. The molecule has 1 aromatic rings. The molecule has 0 bridgehead atoms. The van der Waals surface area contributed by atoms with E-state index in [1.807, 2.05) is 6.07 Å². The van der Waals surface area contributed by atoms with Crippen LogP contribution in [0.4, 0.5) is 5.69 Å². The number of rotatable bonds is 4. The summed E-state index contributed by atoms with van der Waals surface area (Å²) in [6.45, 7) is 4.72. The number of hydrogen-bond acceptors (Lipinski definition) is 4. The van der Waals surface area contributed by atoms with Gasteiger partial charge in [0.1, 0.15) is 5.15 Å². The summed E-state index contributed by atoms with van der Waals surface area (Å²) >= 11 is 5.74. The van der Waals surface area contributed by atoms with Crippen LogP contribution < -0.4 is 10.6 Å². The molecule has 0 spiro atoms. The largest absolute Gasteiger partial charge is 0.381 e. The molecule has 4 nitrogen and oxygen atoms in total. The topological polar surface area (TPSA) is 46.2 Å². The van der Waals surface area contributed by atoms with Crippen molar-refractivity contribution in [2.45, 2.75) is 25.4 Å². The van der Waals surface area contributed by atoms with E-state index < -0.39 is 0 Å². The van der Waals surface area contributed by atoms with Crippen molar-refractivity contribution in [3.05, 3.63) is 23.5 Å². The molecule has 1 aliphatic rings. The molecule has 17 heavy (non-hydrogen) atoms. The lowest BCUT2D eigenvalue weighted by molar-refractivity contribution is 0.0731. The first-order valence-corrected chi connectivity index (χ1v) is 6.31. The van der Waals surface area contributed by atoms with Crippen LogP contribution in [0.3, 0.4) is 0 Å². The summed E-state index contributed by atoms with van der Waals surface area (Å²) in [6, 6.07) is 4.54. The van der Waals surface area contributed by atoms with Crippen molar-refractivity contribution < 1.29 is 4.74 Å².